The molecule has 10 heteroatoms. The van der Waals surface area contributed by atoms with Crippen LogP contribution in [0.1, 0.15) is 5.56 Å². The summed E-state index contributed by atoms with van der Waals surface area (Å²) in [5.41, 5.74) is 1.15. The van der Waals surface area contributed by atoms with Gasteiger partial charge in [0.25, 0.3) is 0 Å². The van der Waals surface area contributed by atoms with E-state index in [-0.39, 0.29) is 19.0 Å². The van der Waals surface area contributed by atoms with Gasteiger partial charge in [-0.3, -0.25) is 4.68 Å². The zero-order valence-electron chi connectivity index (χ0n) is 13.5. The summed E-state index contributed by atoms with van der Waals surface area (Å²) in [6.45, 7) is 0.614. The minimum Gasteiger partial charge on any atom is -0.394 e. The number of hydrogen-bond acceptors (Lipinski definition) is 6. The maximum Gasteiger partial charge on any atom is 0.229 e. The summed E-state index contributed by atoms with van der Waals surface area (Å²) in [6.07, 6.45) is 4.77. The van der Waals surface area contributed by atoms with E-state index in [4.69, 9.17) is 16.7 Å². The predicted octanol–water partition coefficient (Wildman–Crippen LogP) is 3.58. The summed E-state index contributed by atoms with van der Waals surface area (Å²) in [7, 11) is 0. The van der Waals surface area contributed by atoms with Crippen LogP contribution in [-0.2, 0) is 13.1 Å². The molecule has 3 rings (SSSR count). The Morgan fingerprint density at radius 1 is 1.31 bits per heavy atom. The fourth-order valence-corrected chi connectivity index (χ4v) is 2.76. The van der Waals surface area contributed by atoms with Crippen LogP contribution in [0, 0.1) is 5.82 Å². The van der Waals surface area contributed by atoms with Crippen molar-refractivity contribution in [3.05, 3.63) is 57.7 Å². The second kappa shape index (κ2) is 8.43. The molecule has 0 spiro atoms. The Hall–Kier alpha value is -2.23. The van der Waals surface area contributed by atoms with E-state index in [1.54, 1.807) is 35.3 Å². The van der Waals surface area contributed by atoms with Gasteiger partial charge in [0.05, 0.1) is 35.7 Å². The summed E-state index contributed by atoms with van der Waals surface area (Å²) in [6, 6.07) is 5.06. The number of hydrogen-bond donors (Lipinski definition) is 3. The lowest BCUT2D eigenvalue weighted by Gasteiger charge is -2.10. The molecular formula is C16H15BrClFN6O. The van der Waals surface area contributed by atoms with Crippen LogP contribution in [-0.4, -0.2) is 31.5 Å². The van der Waals surface area contributed by atoms with Gasteiger partial charge in [-0.25, -0.2) is 9.37 Å². The molecule has 0 aliphatic heterocycles. The van der Waals surface area contributed by atoms with Crippen molar-refractivity contribution >= 4 is 45.0 Å². The van der Waals surface area contributed by atoms with Gasteiger partial charge in [-0.2, -0.15) is 10.1 Å². The van der Waals surface area contributed by atoms with Crippen LogP contribution in [0.15, 0.2) is 41.3 Å². The van der Waals surface area contributed by atoms with E-state index in [9.17, 15) is 4.39 Å². The van der Waals surface area contributed by atoms with E-state index < -0.39 is 0 Å². The molecule has 0 unspecified atom stereocenters. The van der Waals surface area contributed by atoms with Crippen LogP contribution >= 0.6 is 27.5 Å². The number of halogens is 3. The lowest BCUT2D eigenvalue weighted by Crippen LogP contribution is -2.06. The van der Waals surface area contributed by atoms with E-state index >= 15 is 0 Å². The third-order valence-electron chi connectivity index (χ3n) is 3.44. The van der Waals surface area contributed by atoms with E-state index in [1.165, 1.54) is 6.20 Å². The van der Waals surface area contributed by atoms with Crippen molar-refractivity contribution in [3.8, 4) is 0 Å². The van der Waals surface area contributed by atoms with Crippen LogP contribution in [0.4, 0.5) is 21.8 Å². The topological polar surface area (TPSA) is 87.9 Å². The number of aliphatic hydroxyl groups excluding tert-OH is 1. The molecule has 3 aromatic rings. The van der Waals surface area contributed by atoms with Gasteiger partial charge in [-0.05, 0) is 22.0 Å². The molecule has 0 bridgehead atoms. The molecule has 7 nitrogen and oxygen atoms in total. The first-order chi connectivity index (χ1) is 12.6. The van der Waals surface area contributed by atoms with Gasteiger partial charge in [-0.1, -0.05) is 23.7 Å². The summed E-state index contributed by atoms with van der Waals surface area (Å²) >= 11 is 9.28. The zero-order valence-corrected chi connectivity index (χ0v) is 15.8. The highest BCUT2D eigenvalue weighted by atomic mass is 79.9. The van der Waals surface area contributed by atoms with Crippen LogP contribution in [0.2, 0.25) is 5.02 Å². The highest BCUT2D eigenvalue weighted by Gasteiger charge is 2.10. The molecular weight excluding hydrogens is 427 g/mol. The van der Waals surface area contributed by atoms with Crippen molar-refractivity contribution in [2.24, 2.45) is 0 Å². The van der Waals surface area contributed by atoms with Gasteiger partial charge in [0.2, 0.25) is 5.95 Å². The van der Waals surface area contributed by atoms with Crippen molar-refractivity contribution in [2.75, 3.05) is 17.2 Å². The smallest absolute Gasteiger partial charge is 0.229 e. The summed E-state index contributed by atoms with van der Waals surface area (Å²) in [5.74, 6) is 0.362. The predicted molar refractivity (Wildman–Crippen MR) is 101 cm³/mol. The Morgan fingerprint density at radius 3 is 2.96 bits per heavy atom. The molecule has 0 amide bonds. The lowest BCUT2D eigenvalue weighted by molar-refractivity contribution is 0.269. The summed E-state index contributed by atoms with van der Waals surface area (Å²) in [5, 5.41) is 19.3. The average Bonchev–Trinajstić information content (AvgIpc) is 3.06. The van der Waals surface area contributed by atoms with Crippen LogP contribution in [0.3, 0.4) is 0 Å². The Balaban J connectivity index is 1.71. The molecule has 2 heterocycles. The van der Waals surface area contributed by atoms with Crippen LogP contribution in [0.25, 0.3) is 0 Å². The second-order valence-corrected chi connectivity index (χ2v) is 6.56. The first-order valence-corrected chi connectivity index (χ1v) is 8.83. The van der Waals surface area contributed by atoms with Crippen molar-refractivity contribution < 1.29 is 9.50 Å². The normalized spacial score (nSPS) is 10.8. The number of anilines is 3. The van der Waals surface area contributed by atoms with Crippen LogP contribution in [0.5, 0.6) is 0 Å². The summed E-state index contributed by atoms with van der Waals surface area (Å²) < 4.78 is 16.0. The standard InChI is InChI=1S/C16H15BrClFN6O/c17-12-3-1-2-10(14(12)19)6-20-15-13(18)8-21-16(24-15)23-11-7-22-25(9-11)4-5-26/h1-3,7-9,26H,4-6H2,(H2,20,21,23,24). The van der Waals surface area contributed by atoms with Gasteiger partial charge in [0.15, 0.2) is 5.82 Å². The summed E-state index contributed by atoms with van der Waals surface area (Å²) in [4.78, 5) is 8.42. The minimum atomic E-state index is -0.333. The van der Waals surface area contributed by atoms with E-state index in [2.05, 4.69) is 41.6 Å². The molecule has 0 aliphatic carbocycles. The molecule has 3 N–H and O–H groups in total. The molecule has 26 heavy (non-hydrogen) atoms. The Kier molecular flexibility index (Phi) is 6.02. The highest BCUT2D eigenvalue weighted by molar-refractivity contribution is 9.10. The van der Waals surface area contributed by atoms with Crippen molar-refractivity contribution in [1.82, 2.24) is 19.7 Å². The first kappa shape index (κ1) is 18.6. The maximum absolute atomic E-state index is 14.0. The number of rotatable bonds is 7. The molecule has 1 aromatic carbocycles. The Bertz CT molecular complexity index is 906. The van der Waals surface area contributed by atoms with Gasteiger partial charge < -0.3 is 15.7 Å². The number of aromatic nitrogens is 4. The van der Waals surface area contributed by atoms with E-state index in [1.807, 2.05) is 0 Å². The average molecular weight is 442 g/mol. The molecule has 0 atom stereocenters. The number of nitrogens with zero attached hydrogens (tertiary/aromatic N) is 4. The second-order valence-electron chi connectivity index (χ2n) is 5.30. The maximum atomic E-state index is 14.0. The van der Waals surface area contributed by atoms with Crippen molar-refractivity contribution in [2.45, 2.75) is 13.1 Å². The Labute approximate surface area is 162 Å². The highest BCUT2D eigenvalue weighted by Crippen LogP contribution is 2.23. The third kappa shape index (κ3) is 4.48. The lowest BCUT2D eigenvalue weighted by atomic mass is 10.2. The molecule has 0 radical (unpaired) electrons. The van der Waals surface area contributed by atoms with Gasteiger partial charge in [-0.15, -0.1) is 0 Å². The van der Waals surface area contributed by atoms with E-state index in [0.29, 0.717) is 39.1 Å². The first-order valence-electron chi connectivity index (χ1n) is 7.66. The number of aliphatic hydroxyl groups is 1. The van der Waals surface area contributed by atoms with E-state index in [0.717, 1.165) is 0 Å². The quantitative estimate of drug-likeness (QED) is 0.519. The fourth-order valence-electron chi connectivity index (χ4n) is 2.20. The van der Waals surface area contributed by atoms with Gasteiger partial charge in [0, 0.05) is 18.3 Å². The van der Waals surface area contributed by atoms with Gasteiger partial charge in [0.1, 0.15) is 10.8 Å². The fraction of sp³-hybridized carbons (Fsp3) is 0.188. The largest absolute Gasteiger partial charge is 0.394 e. The molecule has 2 aromatic heterocycles. The van der Waals surface area contributed by atoms with Crippen LogP contribution < -0.4 is 10.6 Å². The van der Waals surface area contributed by atoms with Crippen molar-refractivity contribution in [1.29, 1.82) is 0 Å². The zero-order chi connectivity index (χ0) is 18.5. The molecule has 0 saturated heterocycles. The molecule has 0 fully saturated rings. The monoisotopic (exact) mass is 440 g/mol. The SMILES string of the molecule is OCCn1cc(Nc2ncc(Cl)c(NCc3cccc(Br)c3F)n2)cn1. The molecule has 0 aliphatic rings. The van der Waals surface area contributed by atoms with Gasteiger partial charge >= 0.3 is 0 Å². The van der Waals surface area contributed by atoms with Crippen molar-refractivity contribution in [3.63, 3.8) is 0 Å². The molecule has 0 saturated carbocycles. The minimum absolute atomic E-state index is 0.00120. The number of nitrogens with one attached hydrogen (secondary N) is 2. The third-order valence-corrected chi connectivity index (χ3v) is 4.33. The Morgan fingerprint density at radius 2 is 2.15 bits per heavy atom. The number of benzene rings is 1. The molecule has 136 valence electrons.